The first-order valence-corrected chi connectivity index (χ1v) is 5.93. The van der Waals surface area contributed by atoms with Crippen LogP contribution in [0.25, 0.3) is 0 Å². The molecule has 1 heterocycles. The van der Waals surface area contributed by atoms with Crippen molar-refractivity contribution in [2.75, 3.05) is 5.73 Å². The van der Waals surface area contributed by atoms with Gasteiger partial charge in [-0.15, -0.1) is 0 Å². The Labute approximate surface area is 110 Å². The van der Waals surface area contributed by atoms with Crippen molar-refractivity contribution in [1.29, 1.82) is 0 Å². The Hall–Kier alpha value is -2.50. The van der Waals surface area contributed by atoms with Crippen LogP contribution in [0.4, 0.5) is 5.69 Å². The van der Waals surface area contributed by atoms with E-state index in [9.17, 15) is 4.79 Å². The third kappa shape index (κ3) is 3.04. The second kappa shape index (κ2) is 5.43. The fourth-order valence-corrected chi connectivity index (χ4v) is 1.68. The van der Waals surface area contributed by atoms with Gasteiger partial charge in [0, 0.05) is 18.3 Å². The number of ether oxygens (including phenoxy) is 1. The van der Waals surface area contributed by atoms with E-state index in [2.05, 4.69) is 5.10 Å². The summed E-state index contributed by atoms with van der Waals surface area (Å²) >= 11 is 0. The van der Waals surface area contributed by atoms with Gasteiger partial charge in [0.05, 0.1) is 12.4 Å². The number of rotatable bonds is 5. The van der Waals surface area contributed by atoms with Gasteiger partial charge in [-0.2, -0.15) is 5.10 Å². The molecule has 1 aromatic heterocycles. The molecule has 100 valence electrons. The number of aromatic carboxylic acids is 1. The quantitative estimate of drug-likeness (QED) is 0.806. The Morgan fingerprint density at radius 2 is 2.32 bits per heavy atom. The van der Waals surface area contributed by atoms with E-state index in [1.807, 2.05) is 6.92 Å². The maximum atomic E-state index is 11.1. The predicted molar refractivity (Wildman–Crippen MR) is 70.4 cm³/mol. The van der Waals surface area contributed by atoms with Crippen LogP contribution in [0.5, 0.6) is 11.5 Å². The van der Waals surface area contributed by atoms with Gasteiger partial charge in [-0.1, -0.05) is 6.92 Å². The highest BCUT2D eigenvalue weighted by Crippen LogP contribution is 2.27. The number of nitrogens with two attached hydrogens (primary N) is 1. The maximum absolute atomic E-state index is 11.1. The number of hydrogen-bond acceptors (Lipinski definition) is 4. The summed E-state index contributed by atoms with van der Waals surface area (Å²) in [6.45, 7) is 2.83. The largest absolute Gasteiger partial charge is 0.478 e. The molecule has 0 aliphatic carbocycles. The minimum atomic E-state index is -1.06. The molecule has 19 heavy (non-hydrogen) atoms. The molecular weight excluding hydrogens is 246 g/mol. The number of hydrogen-bond donors (Lipinski definition) is 2. The van der Waals surface area contributed by atoms with Crippen molar-refractivity contribution in [1.82, 2.24) is 9.78 Å². The zero-order valence-electron chi connectivity index (χ0n) is 10.5. The lowest BCUT2D eigenvalue weighted by molar-refractivity contribution is 0.0694. The van der Waals surface area contributed by atoms with Crippen LogP contribution < -0.4 is 10.5 Å². The van der Waals surface area contributed by atoms with Crippen LogP contribution in [-0.4, -0.2) is 20.9 Å². The van der Waals surface area contributed by atoms with Crippen molar-refractivity contribution in [3.63, 3.8) is 0 Å². The predicted octanol–water partition coefficient (Wildman–Crippen LogP) is 2.37. The molecule has 0 aliphatic rings. The molecule has 0 saturated carbocycles. The third-order valence-electron chi connectivity index (χ3n) is 2.53. The van der Waals surface area contributed by atoms with Gasteiger partial charge in [0.2, 0.25) is 0 Å². The SMILES string of the molecule is CCCn1cc(Oc2cc(N)ccc2C(=O)O)cn1. The summed E-state index contributed by atoms with van der Waals surface area (Å²) in [6, 6.07) is 4.43. The molecule has 2 aromatic rings. The Kier molecular flexibility index (Phi) is 3.70. The molecule has 0 unspecified atom stereocenters. The number of carbonyl (C=O) groups is 1. The number of nitrogens with zero attached hydrogens (tertiary/aromatic N) is 2. The molecule has 0 spiro atoms. The standard InChI is InChI=1S/C13H15N3O3/c1-2-5-16-8-10(7-15-16)19-12-6-9(14)3-4-11(12)13(17)18/h3-4,6-8H,2,5,14H2,1H3,(H,17,18). The van der Waals surface area contributed by atoms with E-state index in [-0.39, 0.29) is 11.3 Å². The third-order valence-corrected chi connectivity index (χ3v) is 2.53. The van der Waals surface area contributed by atoms with Crippen LogP contribution in [0.1, 0.15) is 23.7 Å². The molecule has 0 saturated heterocycles. The summed E-state index contributed by atoms with van der Waals surface area (Å²) in [4.78, 5) is 11.1. The average molecular weight is 261 g/mol. The van der Waals surface area contributed by atoms with Crippen molar-refractivity contribution < 1.29 is 14.6 Å². The summed E-state index contributed by atoms with van der Waals surface area (Å²) in [5.74, 6) is -0.360. The van der Waals surface area contributed by atoms with Gasteiger partial charge in [0.1, 0.15) is 11.3 Å². The lowest BCUT2D eigenvalue weighted by Crippen LogP contribution is -2.01. The van der Waals surface area contributed by atoms with E-state index < -0.39 is 5.97 Å². The zero-order chi connectivity index (χ0) is 13.8. The summed E-state index contributed by atoms with van der Waals surface area (Å²) in [5, 5.41) is 13.2. The molecule has 0 aliphatic heterocycles. The number of carboxylic acid groups (broad SMARTS) is 1. The van der Waals surface area contributed by atoms with Gasteiger partial charge in [-0.3, -0.25) is 4.68 Å². The first kappa shape index (κ1) is 12.9. The fraction of sp³-hybridized carbons (Fsp3) is 0.231. The molecule has 3 N–H and O–H groups in total. The van der Waals surface area contributed by atoms with Gasteiger partial charge in [-0.05, 0) is 18.6 Å². The Morgan fingerprint density at radius 1 is 1.53 bits per heavy atom. The lowest BCUT2D eigenvalue weighted by Gasteiger charge is -2.07. The summed E-state index contributed by atoms with van der Waals surface area (Å²) in [6.07, 6.45) is 4.22. The first-order valence-electron chi connectivity index (χ1n) is 5.93. The maximum Gasteiger partial charge on any atom is 0.339 e. The topological polar surface area (TPSA) is 90.4 Å². The second-order valence-electron chi connectivity index (χ2n) is 4.10. The van der Waals surface area contributed by atoms with Crippen molar-refractivity contribution >= 4 is 11.7 Å². The summed E-state index contributed by atoms with van der Waals surface area (Å²) in [5.41, 5.74) is 6.15. The molecule has 6 heteroatoms. The van der Waals surface area contributed by atoms with Crippen LogP contribution in [0.15, 0.2) is 30.6 Å². The molecule has 2 rings (SSSR count). The molecule has 0 amide bonds. The van der Waals surface area contributed by atoms with E-state index in [1.165, 1.54) is 18.2 Å². The molecule has 0 fully saturated rings. The molecule has 0 bridgehead atoms. The highest BCUT2D eigenvalue weighted by molar-refractivity contribution is 5.91. The van der Waals surface area contributed by atoms with E-state index >= 15 is 0 Å². The molecule has 6 nitrogen and oxygen atoms in total. The van der Waals surface area contributed by atoms with Gasteiger partial charge >= 0.3 is 5.97 Å². The minimum absolute atomic E-state index is 0.0671. The monoisotopic (exact) mass is 261 g/mol. The summed E-state index contributed by atoms with van der Waals surface area (Å²) in [7, 11) is 0. The smallest absolute Gasteiger partial charge is 0.339 e. The van der Waals surface area contributed by atoms with E-state index in [1.54, 1.807) is 17.1 Å². The molecule has 1 aromatic carbocycles. The number of benzene rings is 1. The van der Waals surface area contributed by atoms with Gasteiger partial charge in [0.15, 0.2) is 5.75 Å². The first-order chi connectivity index (χ1) is 9.10. The van der Waals surface area contributed by atoms with Crippen LogP contribution >= 0.6 is 0 Å². The number of aryl methyl sites for hydroxylation is 1. The number of carboxylic acids is 1. The van der Waals surface area contributed by atoms with Crippen LogP contribution in [-0.2, 0) is 6.54 Å². The van der Waals surface area contributed by atoms with Crippen molar-refractivity contribution in [2.24, 2.45) is 0 Å². The van der Waals surface area contributed by atoms with E-state index in [4.69, 9.17) is 15.6 Å². The fourth-order valence-electron chi connectivity index (χ4n) is 1.68. The van der Waals surface area contributed by atoms with Gasteiger partial charge < -0.3 is 15.6 Å². The van der Waals surface area contributed by atoms with E-state index in [0.29, 0.717) is 11.4 Å². The van der Waals surface area contributed by atoms with E-state index in [0.717, 1.165) is 13.0 Å². The minimum Gasteiger partial charge on any atom is -0.478 e. The van der Waals surface area contributed by atoms with Crippen molar-refractivity contribution in [3.8, 4) is 11.5 Å². The lowest BCUT2D eigenvalue weighted by atomic mass is 10.2. The average Bonchev–Trinajstić information content (AvgIpc) is 2.77. The van der Waals surface area contributed by atoms with Crippen LogP contribution in [0.3, 0.4) is 0 Å². The highest BCUT2D eigenvalue weighted by atomic mass is 16.5. The second-order valence-corrected chi connectivity index (χ2v) is 4.10. The highest BCUT2D eigenvalue weighted by Gasteiger charge is 2.13. The Bertz CT molecular complexity index is 593. The van der Waals surface area contributed by atoms with Crippen molar-refractivity contribution in [3.05, 3.63) is 36.2 Å². The normalized spacial score (nSPS) is 10.4. The number of anilines is 1. The number of aromatic nitrogens is 2. The Balaban J connectivity index is 2.26. The van der Waals surface area contributed by atoms with Crippen LogP contribution in [0, 0.1) is 0 Å². The summed E-state index contributed by atoms with van der Waals surface area (Å²) < 4.78 is 7.27. The number of nitrogen functional groups attached to an aromatic ring is 1. The van der Waals surface area contributed by atoms with Crippen molar-refractivity contribution in [2.45, 2.75) is 19.9 Å². The van der Waals surface area contributed by atoms with Crippen LogP contribution in [0.2, 0.25) is 0 Å². The zero-order valence-corrected chi connectivity index (χ0v) is 10.5. The Morgan fingerprint density at radius 3 is 3.00 bits per heavy atom. The molecule has 0 radical (unpaired) electrons. The molecular formula is C13H15N3O3. The van der Waals surface area contributed by atoms with Gasteiger partial charge in [0.25, 0.3) is 0 Å². The van der Waals surface area contributed by atoms with Gasteiger partial charge in [-0.25, -0.2) is 4.79 Å². The molecule has 0 atom stereocenters.